The number of aromatic nitrogens is 3. The van der Waals surface area contributed by atoms with Crippen molar-refractivity contribution in [2.45, 2.75) is 26.8 Å². The van der Waals surface area contributed by atoms with Gasteiger partial charge in [-0.05, 0) is 26.8 Å². The van der Waals surface area contributed by atoms with Crippen molar-refractivity contribution in [2.24, 2.45) is 0 Å². The van der Waals surface area contributed by atoms with E-state index in [-0.39, 0.29) is 11.9 Å². The van der Waals surface area contributed by atoms with Crippen molar-refractivity contribution in [3.8, 4) is 0 Å². The molecule has 0 aromatic carbocycles. The second-order valence-electron chi connectivity index (χ2n) is 5.72. The van der Waals surface area contributed by atoms with Crippen LogP contribution in [0.4, 0.5) is 0 Å². The van der Waals surface area contributed by atoms with Crippen LogP contribution in [0.1, 0.15) is 35.9 Å². The van der Waals surface area contributed by atoms with Gasteiger partial charge in [0.1, 0.15) is 0 Å². The van der Waals surface area contributed by atoms with Crippen LogP contribution < -0.4 is 10.6 Å². The first-order valence-corrected chi connectivity index (χ1v) is 7.87. The fraction of sp³-hybridized carbons (Fsp3) is 0.562. The third kappa shape index (κ3) is 4.27. The highest BCUT2D eigenvalue weighted by molar-refractivity contribution is 5.98. The monoisotopic (exact) mass is 319 g/mol. The minimum Gasteiger partial charge on any atom is -0.383 e. The number of amides is 1. The predicted molar refractivity (Wildman–Crippen MR) is 89.7 cm³/mol. The largest absolute Gasteiger partial charge is 0.383 e. The van der Waals surface area contributed by atoms with Gasteiger partial charge in [-0.3, -0.25) is 4.79 Å². The maximum atomic E-state index is 12.3. The summed E-state index contributed by atoms with van der Waals surface area (Å²) in [4.78, 5) is 16.9. The molecule has 2 heterocycles. The van der Waals surface area contributed by atoms with Crippen molar-refractivity contribution < 1.29 is 9.53 Å². The minimum absolute atomic E-state index is 0.109. The number of hydrogen-bond donors (Lipinski definition) is 2. The number of hydrogen-bond acceptors (Lipinski definition) is 5. The van der Waals surface area contributed by atoms with Crippen LogP contribution in [0, 0.1) is 6.92 Å². The molecule has 0 saturated carbocycles. The molecule has 2 aromatic rings. The van der Waals surface area contributed by atoms with Gasteiger partial charge >= 0.3 is 0 Å². The Bertz CT molecular complexity index is 666. The molecule has 0 aliphatic heterocycles. The lowest BCUT2D eigenvalue weighted by atomic mass is 10.1. The van der Waals surface area contributed by atoms with Gasteiger partial charge in [-0.2, -0.15) is 5.10 Å². The van der Waals surface area contributed by atoms with E-state index >= 15 is 0 Å². The van der Waals surface area contributed by atoms with E-state index in [0.717, 1.165) is 17.6 Å². The van der Waals surface area contributed by atoms with E-state index in [1.165, 1.54) is 0 Å². The number of pyridine rings is 1. The van der Waals surface area contributed by atoms with Crippen LogP contribution in [0.3, 0.4) is 0 Å². The lowest BCUT2D eigenvalue weighted by molar-refractivity contribution is 0.0953. The van der Waals surface area contributed by atoms with Crippen LogP contribution in [-0.2, 0) is 4.74 Å². The van der Waals surface area contributed by atoms with Crippen LogP contribution in [0.5, 0.6) is 0 Å². The highest BCUT2D eigenvalue weighted by Crippen LogP contribution is 2.19. The summed E-state index contributed by atoms with van der Waals surface area (Å²) < 4.78 is 6.81. The number of ether oxygens (including phenoxy) is 1. The molecule has 0 aliphatic rings. The quantitative estimate of drug-likeness (QED) is 0.717. The Labute approximate surface area is 136 Å². The Morgan fingerprint density at radius 1 is 1.35 bits per heavy atom. The number of nitrogens with one attached hydrogen (secondary N) is 2. The first-order chi connectivity index (χ1) is 11.0. The number of methoxy groups -OCH3 is 1. The summed E-state index contributed by atoms with van der Waals surface area (Å²) in [6, 6.07) is 2.09. The third-order valence-electron chi connectivity index (χ3n) is 3.56. The second-order valence-corrected chi connectivity index (χ2v) is 5.72. The van der Waals surface area contributed by atoms with Crippen molar-refractivity contribution in [3.05, 3.63) is 23.5 Å². The fourth-order valence-electron chi connectivity index (χ4n) is 2.33. The second kappa shape index (κ2) is 8.03. The molecule has 0 fully saturated rings. The van der Waals surface area contributed by atoms with Gasteiger partial charge in [-0.15, -0.1) is 0 Å². The number of carbonyl (C=O) groups is 1. The smallest absolute Gasteiger partial charge is 0.253 e. The lowest BCUT2D eigenvalue weighted by Gasteiger charge is -2.10. The third-order valence-corrected chi connectivity index (χ3v) is 3.56. The fourth-order valence-corrected chi connectivity index (χ4v) is 2.33. The van der Waals surface area contributed by atoms with Crippen LogP contribution in [0.2, 0.25) is 0 Å². The van der Waals surface area contributed by atoms with Gasteiger partial charge in [0.25, 0.3) is 5.91 Å². The highest BCUT2D eigenvalue weighted by atomic mass is 16.5. The Hall–Kier alpha value is -1.99. The van der Waals surface area contributed by atoms with Crippen LogP contribution in [0.15, 0.2) is 12.3 Å². The number of fused-ring (bicyclic) bond motifs is 1. The Kier molecular flexibility index (Phi) is 6.06. The highest BCUT2D eigenvalue weighted by Gasteiger charge is 2.14. The van der Waals surface area contributed by atoms with E-state index in [4.69, 9.17) is 4.74 Å². The molecule has 1 amide bonds. The Morgan fingerprint density at radius 2 is 2.13 bits per heavy atom. The van der Waals surface area contributed by atoms with Gasteiger partial charge in [-0.1, -0.05) is 0 Å². The molecule has 2 rings (SSSR count). The molecule has 2 aromatic heterocycles. The van der Waals surface area contributed by atoms with Crippen molar-refractivity contribution in [1.82, 2.24) is 25.4 Å². The van der Waals surface area contributed by atoms with Gasteiger partial charge in [-0.25, -0.2) is 9.67 Å². The standard InChI is InChI=1S/C16H25N5O2/c1-11(2)21-15-13(10-19-21)9-14(12(3)20-15)16(22)18-6-5-17-7-8-23-4/h9-11,17H,5-8H2,1-4H3,(H,18,22). The molecule has 0 unspecified atom stereocenters. The van der Waals surface area contributed by atoms with Gasteiger partial charge in [0.15, 0.2) is 5.65 Å². The molecule has 0 bridgehead atoms. The summed E-state index contributed by atoms with van der Waals surface area (Å²) in [7, 11) is 1.66. The summed E-state index contributed by atoms with van der Waals surface area (Å²) in [6.07, 6.45) is 1.75. The van der Waals surface area contributed by atoms with Crippen molar-refractivity contribution in [2.75, 3.05) is 33.4 Å². The summed E-state index contributed by atoms with van der Waals surface area (Å²) in [5, 5.41) is 11.3. The zero-order chi connectivity index (χ0) is 16.8. The summed E-state index contributed by atoms with van der Waals surface area (Å²) >= 11 is 0. The van der Waals surface area contributed by atoms with E-state index in [9.17, 15) is 4.79 Å². The Balaban J connectivity index is 2.02. The molecular formula is C16H25N5O2. The summed E-state index contributed by atoms with van der Waals surface area (Å²) in [5.74, 6) is -0.109. The molecule has 0 aliphatic carbocycles. The minimum atomic E-state index is -0.109. The van der Waals surface area contributed by atoms with Gasteiger partial charge in [0.05, 0.1) is 24.1 Å². The van der Waals surface area contributed by atoms with Gasteiger partial charge in [0.2, 0.25) is 0 Å². The summed E-state index contributed by atoms with van der Waals surface area (Å²) in [5.41, 5.74) is 2.12. The SMILES string of the molecule is COCCNCCNC(=O)c1cc2cnn(C(C)C)c2nc1C. The van der Waals surface area contributed by atoms with Crippen LogP contribution in [-0.4, -0.2) is 54.0 Å². The maximum Gasteiger partial charge on any atom is 0.253 e. The summed E-state index contributed by atoms with van der Waals surface area (Å²) in [6.45, 7) is 8.66. The van der Waals surface area contributed by atoms with Crippen molar-refractivity contribution >= 4 is 16.9 Å². The molecule has 7 heteroatoms. The lowest BCUT2D eigenvalue weighted by Crippen LogP contribution is -2.33. The average Bonchev–Trinajstić information content (AvgIpc) is 2.92. The zero-order valence-corrected chi connectivity index (χ0v) is 14.2. The van der Waals surface area contributed by atoms with Crippen molar-refractivity contribution in [1.29, 1.82) is 0 Å². The first-order valence-electron chi connectivity index (χ1n) is 7.87. The number of carbonyl (C=O) groups excluding carboxylic acids is 1. The molecule has 0 saturated heterocycles. The number of nitrogens with zero attached hydrogens (tertiary/aromatic N) is 3. The topological polar surface area (TPSA) is 81.1 Å². The van der Waals surface area contributed by atoms with Crippen molar-refractivity contribution in [3.63, 3.8) is 0 Å². The van der Waals surface area contributed by atoms with Gasteiger partial charge < -0.3 is 15.4 Å². The van der Waals surface area contributed by atoms with E-state index in [1.807, 2.05) is 17.7 Å². The van der Waals surface area contributed by atoms with Crippen LogP contribution in [0.25, 0.3) is 11.0 Å². The van der Waals surface area contributed by atoms with E-state index in [2.05, 4.69) is 34.6 Å². The molecule has 126 valence electrons. The predicted octanol–water partition coefficient (Wildman–Crippen LogP) is 1.29. The molecule has 0 atom stereocenters. The number of rotatable bonds is 8. The normalized spacial score (nSPS) is 11.3. The zero-order valence-electron chi connectivity index (χ0n) is 14.2. The number of aryl methyl sites for hydroxylation is 1. The molecule has 2 N–H and O–H groups in total. The molecule has 0 radical (unpaired) electrons. The molecule has 0 spiro atoms. The molecule has 23 heavy (non-hydrogen) atoms. The van der Waals surface area contributed by atoms with Crippen LogP contribution >= 0.6 is 0 Å². The Morgan fingerprint density at radius 3 is 2.83 bits per heavy atom. The van der Waals surface area contributed by atoms with E-state index in [0.29, 0.717) is 31.0 Å². The molecular weight excluding hydrogens is 294 g/mol. The van der Waals surface area contributed by atoms with E-state index in [1.54, 1.807) is 13.3 Å². The maximum absolute atomic E-state index is 12.3. The first kappa shape index (κ1) is 17.4. The van der Waals surface area contributed by atoms with Gasteiger partial charge in [0, 0.05) is 38.2 Å². The average molecular weight is 319 g/mol. The van der Waals surface area contributed by atoms with E-state index < -0.39 is 0 Å². The molecule has 7 nitrogen and oxygen atoms in total.